The second-order valence-electron chi connectivity index (χ2n) is 4.63. The summed E-state index contributed by atoms with van der Waals surface area (Å²) in [6, 6.07) is 0. The lowest BCUT2D eigenvalue weighted by Crippen LogP contribution is -2.52. The van der Waals surface area contributed by atoms with Gasteiger partial charge in [0.15, 0.2) is 0 Å². The van der Waals surface area contributed by atoms with Crippen molar-refractivity contribution in [2.24, 2.45) is 5.41 Å². The summed E-state index contributed by atoms with van der Waals surface area (Å²) < 4.78 is 0. The maximum atomic E-state index is 3.28. The molecular weight excluding hydrogens is 172 g/mol. The van der Waals surface area contributed by atoms with E-state index in [1.54, 1.807) is 0 Å². The molecule has 0 aliphatic carbocycles. The third-order valence-corrected chi connectivity index (χ3v) is 2.66. The summed E-state index contributed by atoms with van der Waals surface area (Å²) in [5.41, 5.74) is 1.98. The van der Waals surface area contributed by atoms with Crippen LogP contribution < -0.4 is 10.6 Å². The van der Waals surface area contributed by atoms with E-state index in [4.69, 9.17) is 0 Å². The molecule has 14 heavy (non-hydrogen) atoms. The topological polar surface area (TPSA) is 24.1 Å². The Morgan fingerprint density at radius 3 is 2.14 bits per heavy atom. The van der Waals surface area contributed by atoms with Gasteiger partial charge >= 0.3 is 0 Å². The van der Waals surface area contributed by atoms with Crippen molar-refractivity contribution in [3.8, 4) is 0 Å². The van der Waals surface area contributed by atoms with Crippen LogP contribution in [0.25, 0.3) is 0 Å². The number of allylic oxidation sites excluding steroid dienone is 2. The highest BCUT2D eigenvalue weighted by atomic mass is 15.0. The average Bonchev–Trinajstić information content (AvgIpc) is 2.12. The van der Waals surface area contributed by atoms with E-state index in [1.807, 2.05) is 14.0 Å². The molecule has 0 atom stereocenters. The highest BCUT2D eigenvalue weighted by Gasteiger charge is 2.30. The molecule has 0 aromatic carbocycles. The van der Waals surface area contributed by atoms with Crippen LogP contribution in [0.5, 0.6) is 0 Å². The number of hydrogen-bond acceptors (Lipinski definition) is 2. The fourth-order valence-corrected chi connectivity index (χ4v) is 1.16. The molecule has 1 fully saturated rings. The van der Waals surface area contributed by atoms with Gasteiger partial charge in [-0.3, -0.25) is 0 Å². The van der Waals surface area contributed by atoms with Gasteiger partial charge in [0, 0.05) is 13.1 Å². The van der Waals surface area contributed by atoms with Gasteiger partial charge < -0.3 is 10.6 Å². The Hall–Kier alpha value is -0.340. The van der Waals surface area contributed by atoms with Crippen LogP contribution in [-0.4, -0.2) is 26.7 Å². The Labute approximate surface area is 89.2 Å². The van der Waals surface area contributed by atoms with Gasteiger partial charge in [0.05, 0.1) is 0 Å². The maximum Gasteiger partial charge on any atom is 0.00180 e. The van der Waals surface area contributed by atoms with Gasteiger partial charge in [-0.1, -0.05) is 18.6 Å². The zero-order valence-electron chi connectivity index (χ0n) is 10.4. The predicted octanol–water partition coefficient (Wildman–Crippen LogP) is 2.18. The monoisotopic (exact) mass is 198 g/mol. The fraction of sp³-hybridized carbons (Fsp3) is 0.833. The molecule has 0 amide bonds. The molecule has 1 aliphatic rings. The first-order chi connectivity index (χ1) is 6.54. The van der Waals surface area contributed by atoms with Crippen molar-refractivity contribution in [2.75, 3.05) is 26.7 Å². The molecular formula is C12H26N2. The summed E-state index contributed by atoms with van der Waals surface area (Å²) >= 11 is 0. The Balaban J connectivity index is 0.000000292. The van der Waals surface area contributed by atoms with Gasteiger partial charge in [0.1, 0.15) is 0 Å². The highest BCUT2D eigenvalue weighted by molar-refractivity contribution is 4.89. The molecule has 1 rings (SSSR count). The van der Waals surface area contributed by atoms with Crippen molar-refractivity contribution >= 4 is 0 Å². The molecule has 0 saturated carbocycles. The van der Waals surface area contributed by atoms with Crippen LogP contribution in [-0.2, 0) is 0 Å². The third-order valence-electron chi connectivity index (χ3n) is 2.66. The van der Waals surface area contributed by atoms with E-state index < -0.39 is 0 Å². The lowest BCUT2D eigenvalue weighted by atomic mass is 9.81. The molecule has 0 aromatic rings. The Bertz CT molecular complexity index is 165. The minimum absolute atomic E-state index is 0.600. The van der Waals surface area contributed by atoms with Gasteiger partial charge in [0.2, 0.25) is 0 Å². The second kappa shape index (κ2) is 7.02. The summed E-state index contributed by atoms with van der Waals surface area (Å²) in [6.07, 6.45) is 3.39. The standard InChI is InChI=1S/C7H16N2.C5H10/c1-7(3-4-8-2)5-9-6-7;1-4-5(2)3/h8-9H,3-6H2,1-2H3;4H,1-3H3. The quantitative estimate of drug-likeness (QED) is 0.679. The second-order valence-corrected chi connectivity index (χ2v) is 4.63. The van der Waals surface area contributed by atoms with E-state index >= 15 is 0 Å². The maximum absolute atomic E-state index is 3.28. The van der Waals surface area contributed by atoms with Crippen molar-refractivity contribution in [1.82, 2.24) is 10.6 Å². The van der Waals surface area contributed by atoms with E-state index in [2.05, 4.69) is 37.5 Å². The van der Waals surface area contributed by atoms with Crippen LogP contribution in [0, 0.1) is 5.41 Å². The van der Waals surface area contributed by atoms with E-state index in [9.17, 15) is 0 Å². The van der Waals surface area contributed by atoms with Gasteiger partial charge in [-0.15, -0.1) is 0 Å². The smallest absolute Gasteiger partial charge is 0.00180 e. The molecule has 0 radical (unpaired) electrons. The zero-order chi connectivity index (χ0) is 11.0. The van der Waals surface area contributed by atoms with Crippen molar-refractivity contribution < 1.29 is 0 Å². The molecule has 2 heteroatoms. The summed E-state index contributed by atoms with van der Waals surface area (Å²) in [7, 11) is 2.01. The first-order valence-corrected chi connectivity index (χ1v) is 5.49. The molecule has 2 N–H and O–H groups in total. The molecule has 0 spiro atoms. The lowest BCUT2D eigenvalue weighted by Gasteiger charge is -2.39. The van der Waals surface area contributed by atoms with Gasteiger partial charge in [-0.2, -0.15) is 0 Å². The van der Waals surface area contributed by atoms with Gasteiger partial charge in [0.25, 0.3) is 0 Å². The van der Waals surface area contributed by atoms with Crippen molar-refractivity contribution in [3.05, 3.63) is 11.6 Å². The largest absolute Gasteiger partial charge is 0.320 e. The van der Waals surface area contributed by atoms with E-state index in [1.165, 1.54) is 25.1 Å². The predicted molar refractivity (Wildman–Crippen MR) is 64.6 cm³/mol. The third kappa shape index (κ3) is 6.17. The molecule has 2 nitrogen and oxygen atoms in total. The van der Waals surface area contributed by atoms with Crippen LogP contribution in [0.2, 0.25) is 0 Å². The van der Waals surface area contributed by atoms with Crippen LogP contribution >= 0.6 is 0 Å². The lowest BCUT2D eigenvalue weighted by molar-refractivity contribution is 0.180. The normalized spacial score (nSPS) is 17.5. The van der Waals surface area contributed by atoms with Crippen LogP contribution in [0.3, 0.4) is 0 Å². The van der Waals surface area contributed by atoms with Crippen LogP contribution in [0.1, 0.15) is 34.1 Å². The summed E-state index contributed by atoms with van der Waals surface area (Å²) in [5.74, 6) is 0. The molecule has 0 aromatic heterocycles. The molecule has 0 bridgehead atoms. The summed E-state index contributed by atoms with van der Waals surface area (Å²) in [5, 5.41) is 6.45. The summed E-state index contributed by atoms with van der Waals surface area (Å²) in [4.78, 5) is 0. The Kier molecular flexibility index (Phi) is 6.85. The first-order valence-electron chi connectivity index (χ1n) is 5.49. The van der Waals surface area contributed by atoms with Crippen LogP contribution in [0.4, 0.5) is 0 Å². The number of rotatable bonds is 3. The van der Waals surface area contributed by atoms with Gasteiger partial charge in [-0.05, 0) is 46.2 Å². The first kappa shape index (κ1) is 13.7. The summed E-state index contributed by atoms with van der Waals surface area (Å²) in [6.45, 7) is 12.1. The zero-order valence-corrected chi connectivity index (χ0v) is 10.4. The van der Waals surface area contributed by atoms with E-state index in [-0.39, 0.29) is 0 Å². The Morgan fingerprint density at radius 1 is 1.43 bits per heavy atom. The van der Waals surface area contributed by atoms with Gasteiger partial charge in [-0.25, -0.2) is 0 Å². The van der Waals surface area contributed by atoms with Crippen molar-refractivity contribution in [1.29, 1.82) is 0 Å². The molecule has 1 heterocycles. The molecule has 84 valence electrons. The molecule has 1 aliphatic heterocycles. The molecule has 0 unspecified atom stereocenters. The average molecular weight is 198 g/mol. The SMILES string of the molecule is CC=C(C)C.CNCCC1(C)CNC1. The minimum Gasteiger partial charge on any atom is -0.320 e. The van der Waals surface area contributed by atoms with E-state index in [0.717, 1.165) is 6.54 Å². The fourth-order valence-electron chi connectivity index (χ4n) is 1.16. The minimum atomic E-state index is 0.600. The number of nitrogens with one attached hydrogen (secondary N) is 2. The molecule has 1 saturated heterocycles. The Morgan fingerprint density at radius 2 is 1.93 bits per heavy atom. The van der Waals surface area contributed by atoms with Crippen molar-refractivity contribution in [2.45, 2.75) is 34.1 Å². The highest BCUT2D eigenvalue weighted by Crippen LogP contribution is 2.24. The van der Waals surface area contributed by atoms with E-state index in [0.29, 0.717) is 5.41 Å². The number of hydrogen-bond donors (Lipinski definition) is 2. The van der Waals surface area contributed by atoms with Crippen molar-refractivity contribution in [3.63, 3.8) is 0 Å². The van der Waals surface area contributed by atoms with Crippen LogP contribution in [0.15, 0.2) is 11.6 Å².